The minimum atomic E-state index is -0.432. The number of aromatic nitrogens is 5. The normalized spacial score (nSPS) is 13.3. The average molecular weight is 416 g/mol. The first-order chi connectivity index (χ1) is 15.0. The molecule has 31 heavy (non-hydrogen) atoms. The molecule has 2 amide bonds. The van der Waals surface area contributed by atoms with Crippen LogP contribution in [0.15, 0.2) is 42.7 Å². The average Bonchev–Trinajstić information content (AvgIpc) is 3.41. The molecule has 4 aromatic rings. The van der Waals surface area contributed by atoms with Gasteiger partial charge in [0.05, 0.1) is 11.3 Å². The predicted molar refractivity (Wildman–Crippen MR) is 115 cm³/mol. The number of carbonyl (C=O) groups excluding carboxylic acids is 2. The van der Waals surface area contributed by atoms with Gasteiger partial charge >= 0.3 is 6.03 Å². The van der Waals surface area contributed by atoms with E-state index in [1.165, 1.54) is 6.33 Å². The van der Waals surface area contributed by atoms with Crippen LogP contribution in [-0.4, -0.2) is 36.6 Å². The first-order valence-corrected chi connectivity index (χ1v) is 9.86. The van der Waals surface area contributed by atoms with Crippen LogP contribution in [-0.2, 0) is 0 Å². The van der Waals surface area contributed by atoms with Gasteiger partial charge in [-0.05, 0) is 38.0 Å². The minimum Gasteiger partial charge on any atom is -0.382 e. The highest BCUT2D eigenvalue weighted by Gasteiger charge is 2.26. The summed E-state index contributed by atoms with van der Waals surface area (Å²) >= 11 is 0. The summed E-state index contributed by atoms with van der Waals surface area (Å²) in [5, 5.41) is 16.6. The summed E-state index contributed by atoms with van der Waals surface area (Å²) in [6, 6.07) is 9.84. The van der Waals surface area contributed by atoms with E-state index < -0.39 is 6.03 Å². The van der Waals surface area contributed by atoms with Gasteiger partial charge in [-0.1, -0.05) is 12.1 Å². The highest BCUT2D eigenvalue weighted by molar-refractivity contribution is 6.15. The van der Waals surface area contributed by atoms with Gasteiger partial charge in [0.2, 0.25) is 0 Å². The van der Waals surface area contributed by atoms with Crippen molar-refractivity contribution in [3.05, 3.63) is 65.2 Å². The number of amides is 2. The van der Waals surface area contributed by atoms with Gasteiger partial charge in [-0.3, -0.25) is 15.2 Å². The van der Waals surface area contributed by atoms with Crippen LogP contribution in [0.2, 0.25) is 0 Å². The lowest BCUT2D eigenvalue weighted by molar-refractivity contribution is 0.104. The Hall–Kier alpha value is -4.21. The Morgan fingerprint density at radius 3 is 2.84 bits per heavy atom. The van der Waals surface area contributed by atoms with E-state index in [1.54, 1.807) is 34.8 Å². The number of benzene rings is 1. The molecule has 156 valence electrons. The summed E-state index contributed by atoms with van der Waals surface area (Å²) in [6.45, 7) is 1.84. The fourth-order valence-electron chi connectivity index (χ4n) is 3.57. The predicted octanol–water partition coefficient (Wildman–Crippen LogP) is 3.10. The first-order valence-electron chi connectivity index (χ1n) is 9.86. The lowest BCUT2D eigenvalue weighted by atomic mass is 10.0. The molecule has 3 heterocycles. The molecule has 1 saturated carbocycles. The smallest absolute Gasteiger partial charge is 0.324 e. The third-order valence-electron chi connectivity index (χ3n) is 5.23. The van der Waals surface area contributed by atoms with Crippen molar-refractivity contribution in [3.8, 4) is 0 Å². The maximum Gasteiger partial charge on any atom is 0.324 e. The molecule has 3 aromatic heterocycles. The second kappa shape index (κ2) is 7.24. The summed E-state index contributed by atoms with van der Waals surface area (Å²) in [7, 11) is 0. The Balaban J connectivity index is 1.35. The number of hydrogen-bond donors (Lipinski definition) is 4. The van der Waals surface area contributed by atoms with Crippen LogP contribution in [0.5, 0.6) is 0 Å². The van der Waals surface area contributed by atoms with Crippen LogP contribution >= 0.6 is 0 Å². The molecule has 1 aliphatic rings. The van der Waals surface area contributed by atoms with E-state index >= 15 is 0 Å². The van der Waals surface area contributed by atoms with E-state index in [2.05, 4.69) is 30.9 Å². The summed E-state index contributed by atoms with van der Waals surface area (Å²) in [6.07, 6.45) is 3.61. The topological polar surface area (TPSA) is 143 Å². The van der Waals surface area contributed by atoms with E-state index in [0.717, 1.165) is 24.2 Å². The van der Waals surface area contributed by atoms with Crippen molar-refractivity contribution >= 4 is 34.7 Å². The lowest BCUT2D eigenvalue weighted by Crippen LogP contribution is -2.19. The number of rotatable bonds is 5. The molecule has 1 aromatic carbocycles. The van der Waals surface area contributed by atoms with E-state index in [0.29, 0.717) is 34.1 Å². The Bertz CT molecular complexity index is 1320. The number of anilines is 3. The van der Waals surface area contributed by atoms with Gasteiger partial charge in [0, 0.05) is 28.9 Å². The molecule has 0 atom stereocenters. The largest absolute Gasteiger partial charge is 0.382 e. The van der Waals surface area contributed by atoms with Gasteiger partial charge in [-0.25, -0.2) is 14.3 Å². The number of hydrogen-bond acceptors (Lipinski definition) is 6. The van der Waals surface area contributed by atoms with Gasteiger partial charge in [-0.2, -0.15) is 10.2 Å². The molecule has 10 nitrogen and oxygen atoms in total. The molecule has 1 fully saturated rings. The number of urea groups is 1. The zero-order valence-electron chi connectivity index (χ0n) is 16.7. The van der Waals surface area contributed by atoms with Gasteiger partial charge in [0.15, 0.2) is 11.6 Å². The van der Waals surface area contributed by atoms with Crippen LogP contribution in [0.25, 0.3) is 5.52 Å². The molecule has 0 unspecified atom stereocenters. The van der Waals surface area contributed by atoms with E-state index in [4.69, 9.17) is 5.73 Å². The lowest BCUT2D eigenvalue weighted by Gasteiger charge is -2.08. The van der Waals surface area contributed by atoms with Crippen LogP contribution < -0.4 is 16.4 Å². The number of nitrogen functional groups attached to an aromatic ring is 1. The van der Waals surface area contributed by atoms with Crippen LogP contribution in [0.3, 0.4) is 0 Å². The molecule has 0 spiro atoms. The van der Waals surface area contributed by atoms with Crippen molar-refractivity contribution in [2.24, 2.45) is 0 Å². The maximum atomic E-state index is 13.2. The molecule has 5 N–H and O–H groups in total. The molecular weight excluding hydrogens is 396 g/mol. The zero-order chi connectivity index (χ0) is 21.5. The summed E-state index contributed by atoms with van der Waals surface area (Å²) in [5.74, 6) is 1.01. The number of aryl methyl sites for hydroxylation is 1. The van der Waals surface area contributed by atoms with Crippen LogP contribution in [0.4, 0.5) is 22.1 Å². The Labute approximate surface area is 176 Å². The van der Waals surface area contributed by atoms with E-state index in [-0.39, 0.29) is 11.6 Å². The molecule has 0 radical (unpaired) electrons. The van der Waals surface area contributed by atoms with E-state index in [9.17, 15) is 9.59 Å². The Morgan fingerprint density at radius 2 is 2.03 bits per heavy atom. The van der Waals surface area contributed by atoms with Crippen molar-refractivity contribution < 1.29 is 9.59 Å². The standard InChI is InChI=1S/C21H20N8O2/c1-11-7-15(18-20(22)23-10-24-29(11)18)19(30)13-3-2-4-14(8-13)25-21(31)26-17-9-16(27-28-17)12-5-6-12/h2-4,7-10,12H,5-6H2,1H3,(H2,22,23,24)(H3,25,26,27,28,31). The van der Waals surface area contributed by atoms with Crippen molar-refractivity contribution in [3.63, 3.8) is 0 Å². The second-order valence-electron chi connectivity index (χ2n) is 7.57. The van der Waals surface area contributed by atoms with Gasteiger partial charge in [0.25, 0.3) is 0 Å². The van der Waals surface area contributed by atoms with Crippen molar-refractivity contribution in [2.45, 2.75) is 25.7 Å². The highest BCUT2D eigenvalue weighted by Crippen LogP contribution is 2.39. The third-order valence-corrected chi connectivity index (χ3v) is 5.23. The van der Waals surface area contributed by atoms with Crippen LogP contribution in [0.1, 0.15) is 46.1 Å². The summed E-state index contributed by atoms with van der Waals surface area (Å²) in [4.78, 5) is 29.5. The SMILES string of the molecule is Cc1cc(C(=O)c2cccc(NC(=O)Nc3cc(C4CC4)n[nH]3)c2)c2c(N)ncnn12. The number of carbonyl (C=O) groups is 2. The molecule has 0 bridgehead atoms. The van der Waals surface area contributed by atoms with Gasteiger partial charge in [0.1, 0.15) is 17.7 Å². The number of nitrogens with one attached hydrogen (secondary N) is 3. The molecule has 0 aliphatic heterocycles. The van der Waals surface area contributed by atoms with Crippen molar-refractivity contribution in [1.82, 2.24) is 24.8 Å². The second-order valence-corrected chi connectivity index (χ2v) is 7.57. The zero-order valence-corrected chi connectivity index (χ0v) is 16.7. The van der Waals surface area contributed by atoms with Crippen molar-refractivity contribution in [2.75, 3.05) is 16.4 Å². The molecule has 1 aliphatic carbocycles. The first kappa shape index (κ1) is 18.8. The minimum absolute atomic E-state index is 0.227. The van der Waals surface area contributed by atoms with E-state index in [1.807, 2.05) is 13.0 Å². The van der Waals surface area contributed by atoms with Gasteiger partial charge in [-0.15, -0.1) is 0 Å². The third kappa shape index (κ3) is 3.59. The van der Waals surface area contributed by atoms with Crippen LogP contribution in [0, 0.1) is 6.92 Å². The summed E-state index contributed by atoms with van der Waals surface area (Å²) in [5.41, 5.74) is 9.47. The fraction of sp³-hybridized carbons (Fsp3) is 0.190. The maximum absolute atomic E-state index is 13.2. The highest BCUT2D eigenvalue weighted by atomic mass is 16.2. The molecule has 5 rings (SSSR count). The number of nitrogens with zero attached hydrogens (tertiary/aromatic N) is 4. The molecule has 0 saturated heterocycles. The Morgan fingerprint density at radius 1 is 1.19 bits per heavy atom. The number of ketones is 1. The number of H-pyrrole nitrogens is 1. The monoisotopic (exact) mass is 416 g/mol. The number of nitrogens with two attached hydrogens (primary N) is 1. The fourth-order valence-corrected chi connectivity index (χ4v) is 3.57. The number of fused-ring (bicyclic) bond motifs is 1. The van der Waals surface area contributed by atoms with Crippen molar-refractivity contribution in [1.29, 1.82) is 0 Å². The number of aromatic amines is 1. The molecule has 10 heteroatoms. The van der Waals surface area contributed by atoms with Gasteiger partial charge < -0.3 is 11.1 Å². The Kier molecular flexibility index (Phi) is 4.39. The summed E-state index contributed by atoms with van der Waals surface area (Å²) < 4.78 is 1.59. The quantitative estimate of drug-likeness (QED) is 0.368. The molecular formula is C21H20N8O2.